The Kier molecular flexibility index (Phi) is 4.04. The predicted octanol–water partition coefficient (Wildman–Crippen LogP) is 4.51. The molecule has 2 aromatic carbocycles. The zero-order chi connectivity index (χ0) is 14.7. The van der Waals surface area contributed by atoms with Crippen molar-refractivity contribution in [3.63, 3.8) is 0 Å². The molecule has 0 saturated carbocycles. The fourth-order valence-corrected chi connectivity index (χ4v) is 2.84. The number of H-pyrrole nitrogens is 1. The van der Waals surface area contributed by atoms with Gasteiger partial charge < -0.3 is 10.2 Å². The summed E-state index contributed by atoms with van der Waals surface area (Å²) >= 11 is 0. The highest BCUT2D eigenvalue weighted by Crippen LogP contribution is 2.30. The lowest BCUT2D eigenvalue weighted by atomic mass is 10.0. The van der Waals surface area contributed by atoms with E-state index in [1.165, 1.54) is 10.4 Å². The lowest BCUT2D eigenvalue weighted by molar-refractivity contribution is -0.138. The third kappa shape index (κ3) is 2.84. The van der Waals surface area contributed by atoms with Crippen LogP contribution in [0.15, 0.2) is 60.8 Å². The maximum atomic E-state index is 10.5. The minimum Gasteiger partial charge on any atom is -0.361 e. The molecular weight excluding hydrogens is 260 g/mol. The average Bonchev–Trinajstić information content (AvgIpc) is 2.93. The Morgan fingerprint density at radius 1 is 1.05 bits per heavy atom. The minimum absolute atomic E-state index is 0.0126. The lowest BCUT2D eigenvalue weighted by Gasteiger charge is -2.25. The molecule has 21 heavy (non-hydrogen) atoms. The molecule has 0 fully saturated rings. The van der Waals surface area contributed by atoms with Crippen molar-refractivity contribution in [2.75, 3.05) is 0 Å². The Balaban J connectivity index is 1.87. The van der Waals surface area contributed by atoms with Crippen molar-refractivity contribution in [3.05, 3.63) is 71.9 Å². The zero-order valence-corrected chi connectivity index (χ0v) is 12.2. The zero-order valence-electron chi connectivity index (χ0n) is 12.2. The highest BCUT2D eigenvalue weighted by molar-refractivity contribution is 5.83. The number of aromatic amines is 1. The van der Waals surface area contributed by atoms with Crippen LogP contribution in [-0.2, 0) is 6.54 Å². The minimum atomic E-state index is -0.0126. The van der Waals surface area contributed by atoms with Gasteiger partial charge in [0.2, 0.25) is 0 Å². The Bertz CT molecular complexity index is 705. The number of rotatable bonds is 5. The summed E-state index contributed by atoms with van der Waals surface area (Å²) in [5.74, 6) is 0. The second kappa shape index (κ2) is 6.12. The van der Waals surface area contributed by atoms with Crippen LogP contribution in [0.3, 0.4) is 0 Å². The van der Waals surface area contributed by atoms with Gasteiger partial charge in [-0.2, -0.15) is 5.06 Å². The summed E-state index contributed by atoms with van der Waals surface area (Å²) in [6, 6.07) is 18.2. The molecule has 0 aliphatic rings. The van der Waals surface area contributed by atoms with Crippen LogP contribution in [0.4, 0.5) is 0 Å². The normalized spacial score (nSPS) is 12.9. The standard InChI is InChI=1S/C18H20N2O/c1-2-18(20(21)13-14-8-4-3-5-9-14)16-12-19-17-11-7-6-10-15(16)17/h3-12,18-19,21H,2,13H2,1H3. The van der Waals surface area contributed by atoms with Crippen LogP contribution >= 0.6 is 0 Å². The summed E-state index contributed by atoms with van der Waals surface area (Å²) in [6.07, 6.45) is 2.86. The molecule has 3 nitrogen and oxygen atoms in total. The van der Waals surface area contributed by atoms with Gasteiger partial charge in [-0.25, -0.2) is 0 Å². The Morgan fingerprint density at radius 3 is 2.52 bits per heavy atom. The smallest absolute Gasteiger partial charge is 0.0621 e. The molecule has 0 radical (unpaired) electrons. The molecule has 0 amide bonds. The Morgan fingerprint density at radius 2 is 1.76 bits per heavy atom. The molecule has 108 valence electrons. The van der Waals surface area contributed by atoms with Gasteiger partial charge in [-0.1, -0.05) is 55.5 Å². The predicted molar refractivity (Wildman–Crippen MR) is 85.1 cm³/mol. The quantitative estimate of drug-likeness (QED) is 0.675. The monoisotopic (exact) mass is 280 g/mol. The number of nitrogens with one attached hydrogen (secondary N) is 1. The van der Waals surface area contributed by atoms with Gasteiger partial charge in [-0.3, -0.25) is 0 Å². The third-order valence-electron chi connectivity index (χ3n) is 3.91. The molecule has 0 spiro atoms. The molecule has 1 aromatic heterocycles. The average molecular weight is 280 g/mol. The molecule has 1 unspecified atom stereocenters. The highest BCUT2D eigenvalue weighted by Gasteiger charge is 2.20. The first-order valence-electron chi connectivity index (χ1n) is 7.35. The van der Waals surface area contributed by atoms with E-state index in [4.69, 9.17) is 0 Å². The fraction of sp³-hybridized carbons (Fsp3) is 0.222. The number of hydrogen-bond acceptors (Lipinski definition) is 2. The molecule has 3 rings (SSSR count). The first-order valence-corrected chi connectivity index (χ1v) is 7.35. The Hall–Kier alpha value is -2.10. The van der Waals surface area contributed by atoms with E-state index in [2.05, 4.69) is 24.0 Å². The van der Waals surface area contributed by atoms with Gasteiger partial charge in [-0.05, 0) is 23.6 Å². The maximum absolute atomic E-state index is 10.5. The summed E-state index contributed by atoms with van der Waals surface area (Å²) in [5, 5.41) is 13.1. The van der Waals surface area contributed by atoms with Crippen molar-refractivity contribution in [3.8, 4) is 0 Å². The molecule has 2 N–H and O–H groups in total. The summed E-state index contributed by atoms with van der Waals surface area (Å²) in [4.78, 5) is 3.28. The fourth-order valence-electron chi connectivity index (χ4n) is 2.84. The van der Waals surface area contributed by atoms with Crippen molar-refractivity contribution in [2.24, 2.45) is 0 Å². The molecule has 1 atom stereocenters. The van der Waals surface area contributed by atoms with Crippen LogP contribution in [-0.4, -0.2) is 15.3 Å². The van der Waals surface area contributed by atoms with E-state index in [1.807, 2.05) is 48.7 Å². The van der Waals surface area contributed by atoms with Crippen LogP contribution in [0.25, 0.3) is 10.9 Å². The summed E-state index contributed by atoms with van der Waals surface area (Å²) in [5.41, 5.74) is 3.36. The number of nitrogens with zero attached hydrogens (tertiary/aromatic N) is 1. The Labute approximate surface area is 124 Å². The van der Waals surface area contributed by atoms with Gasteiger partial charge in [0, 0.05) is 23.6 Å². The second-order valence-electron chi connectivity index (χ2n) is 5.30. The van der Waals surface area contributed by atoms with Gasteiger partial charge in [0.25, 0.3) is 0 Å². The topological polar surface area (TPSA) is 39.3 Å². The van der Waals surface area contributed by atoms with Crippen LogP contribution in [0.2, 0.25) is 0 Å². The molecule has 3 heteroatoms. The van der Waals surface area contributed by atoms with Crippen LogP contribution < -0.4 is 0 Å². The molecule has 0 saturated heterocycles. The van der Waals surface area contributed by atoms with Gasteiger partial charge in [0.15, 0.2) is 0 Å². The van der Waals surface area contributed by atoms with Crippen molar-refractivity contribution in [1.82, 2.24) is 10.0 Å². The largest absolute Gasteiger partial charge is 0.361 e. The molecule has 3 aromatic rings. The summed E-state index contributed by atoms with van der Waals surface area (Å²) < 4.78 is 0. The summed E-state index contributed by atoms with van der Waals surface area (Å²) in [7, 11) is 0. The maximum Gasteiger partial charge on any atom is 0.0621 e. The van der Waals surface area contributed by atoms with Crippen LogP contribution in [0, 0.1) is 0 Å². The van der Waals surface area contributed by atoms with Gasteiger partial charge in [0.1, 0.15) is 0 Å². The van der Waals surface area contributed by atoms with Crippen molar-refractivity contribution < 1.29 is 5.21 Å². The number of aromatic nitrogens is 1. The van der Waals surface area contributed by atoms with E-state index >= 15 is 0 Å². The summed E-state index contributed by atoms with van der Waals surface area (Å²) in [6.45, 7) is 2.62. The number of para-hydroxylation sites is 1. The van der Waals surface area contributed by atoms with Gasteiger partial charge in [0.05, 0.1) is 6.04 Å². The molecule has 1 heterocycles. The molecule has 0 aliphatic carbocycles. The number of hydrogen-bond donors (Lipinski definition) is 2. The second-order valence-corrected chi connectivity index (χ2v) is 5.30. The SMILES string of the molecule is CCC(c1c[nH]c2ccccc12)N(O)Cc1ccccc1. The van der Waals surface area contributed by atoms with Gasteiger partial charge in [-0.15, -0.1) is 0 Å². The number of hydroxylamine groups is 2. The van der Waals surface area contributed by atoms with Crippen molar-refractivity contribution in [2.45, 2.75) is 25.9 Å². The first kappa shape index (κ1) is 13.9. The van der Waals surface area contributed by atoms with E-state index in [0.29, 0.717) is 6.54 Å². The van der Waals surface area contributed by atoms with Crippen LogP contribution in [0.5, 0.6) is 0 Å². The van der Waals surface area contributed by atoms with Crippen molar-refractivity contribution >= 4 is 10.9 Å². The van der Waals surface area contributed by atoms with Crippen LogP contribution in [0.1, 0.15) is 30.5 Å². The van der Waals surface area contributed by atoms with E-state index in [0.717, 1.165) is 23.1 Å². The lowest BCUT2D eigenvalue weighted by Crippen LogP contribution is -2.24. The van der Waals surface area contributed by atoms with E-state index in [9.17, 15) is 5.21 Å². The van der Waals surface area contributed by atoms with E-state index in [1.54, 1.807) is 0 Å². The molecule has 0 bridgehead atoms. The highest BCUT2D eigenvalue weighted by atomic mass is 16.5. The van der Waals surface area contributed by atoms with E-state index in [-0.39, 0.29) is 6.04 Å². The number of fused-ring (bicyclic) bond motifs is 1. The number of benzene rings is 2. The van der Waals surface area contributed by atoms with E-state index < -0.39 is 0 Å². The van der Waals surface area contributed by atoms with Gasteiger partial charge >= 0.3 is 0 Å². The third-order valence-corrected chi connectivity index (χ3v) is 3.91. The molecular formula is C18H20N2O. The molecule has 0 aliphatic heterocycles. The van der Waals surface area contributed by atoms with Crippen molar-refractivity contribution in [1.29, 1.82) is 0 Å². The first-order chi connectivity index (χ1) is 10.3.